The predicted octanol–water partition coefficient (Wildman–Crippen LogP) is 1.19. The van der Waals surface area contributed by atoms with Crippen molar-refractivity contribution in [2.45, 2.75) is 18.7 Å². The van der Waals surface area contributed by atoms with Crippen molar-refractivity contribution in [2.24, 2.45) is 5.16 Å². The molecule has 0 aromatic rings. The molecule has 52 valence electrons. The van der Waals surface area contributed by atoms with E-state index in [1.54, 1.807) is 6.92 Å². The average molecular weight is 194 g/mol. The minimum absolute atomic E-state index is 0.124. The molecule has 9 heavy (non-hydrogen) atoms. The molecule has 0 aliphatic heterocycles. The number of halogens is 1. The standard InChI is InChI=1S/C5H8BrNO2/c1-3(6)5(8)4(2)7-9/h3,9H,1-2H3/b7-4+. The van der Waals surface area contributed by atoms with Gasteiger partial charge in [0, 0.05) is 0 Å². The number of hydrogen-bond acceptors (Lipinski definition) is 3. The zero-order valence-electron chi connectivity index (χ0n) is 5.26. The maximum atomic E-state index is 10.7. The molecule has 0 heterocycles. The molecule has 0 spiro atoms. The van der Waals surface area contributed by atoms with Crippen LogP contribution in [0.4, 0.5) is 0 Å². The summed E-state index contributed by atoms with van der Waals surface area (Å²) in [6.07, 6.45) is 0. The summed E-state index contributed by atoms with van der Waals surface area (Å²) in [6, 6.07) is 0. The van der Waals surface area contributed by atoms with Gasteiger partial charge in [-0.3, -0.25) is 4.79 Å². The second kappa shape index (κ2) is 3.61. The first-order valence-corrected chi connectivity index (χ1v) is 3.38. The van der Waals surface area contributed by atoms with Crippen LogP contribution in [0.1, 0.15) is 13.8 Å². The molecule has 0 bridgehead atoms. The van der Waals surface area contributed by atoms with Crippen molar-refractivity contribution in [1.29, 1.82) is 0 Å². The third kappa shape index (κ3) is 2.60. The van der Waals surface area contributed by atoms with Gasteiger partial charge in [-0.15, -0.1) is 0 Å². The van der Waals surface area contributed by atoms with E-state index in [-0.39, 0.29) is 16.3 Å². The zero-order chi connectivity index (χ0) is 7.44. The Kier molecular flexibility index (Phi) is 3.46. The molecule has 0 amide bonds. The van der Waals surface area contributed by atoms with Crippen LogP contribution >= 0.6 is 15.9 Å². The summed E-state index contributed by atoms with van der Waals surface area (Å²) in [5.74, 6) is -0.197. The smallest absolute Gasteiger partial charge is 0.193 e. The first kappa shape index (κ1) is 8.62. The number of Topliss-reactive ketones (excluding diaryl/α,β-unsaturated/α-hetero) is 1. The largest absolute Gasteiger partial charge is 0.411 e. The number of hydrogen-bond donors (Lipinski definition) is 1. The summed E-state index contributed by atoms with van der Waals surface area (Å²) in [4.78, 5) is 10.5. The maximum absolute atomic E-state index is 10.7. The monoisotopic (exact) mass is 193 g/mol. The van der Waals surface area contributed by atoms with Crippen molar-refractivity contribution in [1.82, 2.24) is 0 Å². The molecule has 0 aliphatic carbocycles. The molecular weight excluding hydrogens is 186 g/mol. The van der Waals surface area contributed by atoms with Gasteiger partial charge in [0.2, 0.25) is 0 Å². The second-order valence-electron chi connectivity index (χ2n) is 1.67. The van der Waals surface area contributed by atoms with Crippen LogP contribution in [0.5, 0.6) is 0 Å². The minimum Gasteiger partial charge on any atom is -0.411 e. The van der Waals surface area contributed by atoms with E-state index in [0.29, 0.717) is 0 Å². The third-order valence-corrected chi connectivity index (χ3v) is 1.28. The Morgan fingerprint density at radius 1 is 1.78 bits per heavy atom. The highest BCUT2D eigenvalue weighted by Gasteiger charge is 2.11. The molecule has 4 heteroatoms. The van der Waals surface area contributed by atoms with Crippen LogP contribution in [0, 0.1) is 0 Å². The fourth-order valence-electron chi connectivity index (χ4n) is 0.337. The third-order valence-electron chi connectivity index (χ3n) is 0.868. The minimum atomic E-state index is -0.270. The van der Waals surface area contributed by atoms with Crippen LogP contribution in [0.15, 0.2) is 5.16 Å². The van der Waals surface area contributed by atoms with E-state index < -0.39 is 0 Å². The fourth-order valence-corrected chi connectivity index (χ4v) is 0.668. The summed E-state index contributed by atoms with van der Waals surface area (Å²) < 4.78 is 0. The molecule has 0 aliphatic rings. The molecular formula is C5H8BrNO2. The number of alkyl halides is 1. The molecule has 0 fully saturated rings. The lowest BCUT2D eigenvalue weighted by atomic mass is 10.2. The van der Waals surface area contributed by atoms with Crippen molar-refractivity contribution in [2.75, 3.05) is 0 Å². The first-order chi connectivity index (χ1) is 4.09. The van der Waals surface area contributed by atoms with E-state index in [1.807, 2.05) is 0 Å². The normalized spacial score (nSPS) is 15.2. The Bertz CT molecular complexity index is 142. The van der Waals surface area contributed by atoms with Gasteiger partial charge in [0.15, 0.2) is 5.78 Å². The van der Waals surface area contributed by atoms with E-state index >= 15 is 0 Å². The number of carbonyl (C=O) groups is 1. The van der Waals surface area contributed by atoms with Crippen LogP contribution in [0.3, 0.4) is 0 Å². The number of ketones is 1. The highest BCUT2D eigenvalue weighted by molar-refractivity contribution is 9.10. The topological polar surface area (TPSA) is 49.7 Å². The van der Waals surface area contributed by atoms with Crippen molar-refractivity contribution in [3.63, 3.8) is 0 Å². The maximum Gasteiger partial charge on any atom is 0.193 e. The van der Waals surface area contributed by atoms with E-state index in [2.05, 4.69) is 21.1 Å². The summed E-state index contributed by atoms with van der Waals surface area (Å²) >= 11 is 3.04. The van der Waals surface area contributed by atoms with Gasteiger partial charge in [0.1, 0.15) is 5.71 Å². The molecule has 0 saturated heterocycles. The van der Waals surface area contributed by atoms with Crippen molar-refractivity contribution in [3.05, 3.63) is 0 Å². The highest BCUT2D eigenvalue weighted by atomic mass is 79.9. The zero-order valence-corrected chi connectivity index (χ0v) is 6.84. The number of oxime groups is 1. The Labute approximate surface area is 61.9 Å². The van der Waals surface area contributed by atoms with Gasteiger partial charge in [-0.05, 0) is 13.8 Å². The summed E-state index contributed by atoms with van der Waals surface area (Å²) in [5, 5.41) is 10.8. The molecule has 0 radical (unpaired) electrons. The molecule has 1 unspecified atom stereocenters. The Hall–Kier alpha value is -0.380. The molecule has 0 aromatic carbocycles. The van der Waals surface area contributed by atoms with E-state index in [9.17, 15) is 4.79 Å². The molecule has 0 aromatic heterocycles. The highest BCUT2D eigenvalue weighted by Crippen LogP contribution is 1.99. The van der Waals surface area contributed by atoms with Gasteiger partial charge in [-0.2, -0.15) is 0 Å². The van der Waals surface area contributed by atoms with E-state index in [4.69, 9.17) is 5.21 Å². The molecule has 3 nitrogen and oxygen atoms in total. The summed E-state index contributed by atoms with van der Waals surface area (Å²) in [5.41, 5.74) is 0.124. The second-order valence-corrected chi connectivity index (χ2v) is 3.04. The average Bonchev–Trinajstić information content (AvgIpc) is 1.84. The SMILES string of the molecule is C/C(=N\O)C(=O)C(C)Br. The molecule has 0 rings (SSSR count). The van der Waals surface area contributed by atoms with Crippen LogP contribution in [-0.2, 0) is 4.79 Å². The first-order valence-electron chi connectivity index (χ1n) is 2.46. The number of rotatable bonds is 2. The van der Waals surface area contributed by atoms with Gasteiger partial charge >= 0.3 is 0 Å². The van der Waals surface area contributed by atoms with Crippen LogP contribution in [-0.4, -0.2) is 21.5 Å². The van der Waals surface area contributed by atoms with Crippen molar-refractivity contribution < 1.29 is 10.0 Å². The summed E-state index contributed by atoms with van der Waals surface area (Å²) in [6.45, 7) is 3.14. The van der Waals surface area contributed by atoms with Crippen LogP contribution < -0.4 is 0 Å². The van der Waals surface area contributed by atoms with Gasteiger partial charge < -0.3 is 5.21 Å². The molecule has 0 saturated carbocycles. The van der Waals surface area contributed by atoms with Crippen molar-refractivity contribution in [3.8, 4) is 0 Å². The number of carbonyl (C=O) groups excluding carboxylic acids is 1. The molecule has 1 N–H and O–H groups in total. The van der Waals surface area contributed by atoms with Gasteiger partial charge in [-0.1, -0.05) is 21.1 Å². The Morgan fingerprint density at radius 2 is 2.22 bits per heavy atom. The Morgan fingerprint density at radius 3 is 2.33 bits per heavy atom. The van der Waals surface area contributed by atoms with Gasteiger partial charge in [0.25, 0.3) is 0 Å². The van der Waals surface area contributed by atoms with Crippen LogP contribution in [0.2, 0.25) is 0 Å². The van der Waals surface area contributed by atoms with Gasteiger partial charge in [-0.25, -0.2) is 0 Å². The quantitative estimate of drug-likeness (QED) is 0.310. The predicted molar refractivity (Wildman–Crippen MR) is 38.3 cm³/mol. The summed E-state index contributed by atoms with van der Waals surface area (Å²) in [7, 11) is 0. The van der Waals surface area contributed by atoms with Crippen molar-refractivity contribution >= 4 is 27.4 Å². The van der Waals surface area contributed by atoms with E-state index in [1.165, 1.54) is 6.92 Å². The lowest BCUT2D eigenvalue weighted by Gasteiger charge is -1.97. The lowest BCUT2D eigenvalue weighted by Crippen LogP contribution is -2.18. The fraction of sp³-hybridized carbons (Fsp3) is 0.600. The van der Waals surface area contributed by atoms with Gasteiger partial charge in [0.05, 0.1) is 4.83 Å². The Balaban J connectivity index is 4.06. The van der Waals surface area contributed by atoms with E-state index in [0.717, 1.165) is 0 Å². The number of nitrogens with zero attached hydrogens (tertiary/aromatic N) is 1. The van der Waals surface area contributed by atoms with Crippen LogP contribution in [0.25, 0.3) is 0 Å². The lowest BCUT2D eigenvalue weighted by molar-refractivity contribution is -0.112. The molecule has 1 atom stereocenters.